The van der Waals surface area contributed by atoms with Crippen LogP contribution < -0.4 is 14.5 Å². The van der Waals surface area contributed by atoms with Gasteiger partial charge in [0.25, 0.3) is 5.91 Å². The Balaban J connectivity index is 1.96. The van der Waals surface area contributed by atoms with Crippen molar-refractivity contribution in [2.24, 2.45) is 5.10 Å². The highest BCUT2D eigenvalue weighted by Gasteiger charge is 2.22. The number of nitrogens with zero attached hydrogens (tertiary/aromatic N) is 2. The summed E-state index contributed by atoms with van der Waals surface area (Å²) in [7, 11) is -3.70. The summed E-state index contributed by atoms with van der Waals surface area (Å²) in [4.78, 5) is 12.2. The van der Waals surface area contributed by atoms with Crippen LogP contribution in [0.4, 0.5) is 5.69 Å². The van der Waals surface area contributed by atoms with E-state index in [1.54, 1.807) is 18.2 Å². The lowest BCUT2D eigenvalue weighted by molar-refractivity contribution is -0.119. The van der Waals surface area contributed by atoms with Gasteiger partial charge < -0.3 is 4.74 Å². The molecule has 29 heavy (non-hydrogen) atoms. The van der Waals surface area contributed by atoms with E-state index in [4.69, 9.17) is 16.3 Å². The average molecular weight is 438 g/mol. The zero-order valence-corrected chi connectivity index (χ0v) is 17.9. The molecule has 0 bridgehead atoms. The lowest BCUT2D eigenvalue weighted by atomic mass is 10.2. The Hall–Kier alpha value is -2.58. The number of halogens is 1. The summed E-state index contributed by atoms with van der Waals surface area (Å²) in [6.45, 7) is 2.33. The van der Waals surface area contributed by atoms with Gasteiger partial charge in [0.1, 0.15) is 12.3 Å². The second-order valence-corrected chi connectivity index (χ2v) is 8.60. The lowest BCUT2D eigenvalue weighted by Gasteiger charge is -2.22. The molecule has 0 unspecified atom stereocenters. The number of carbonyl (C=O) groups excluding carboxylic acids is 1. The topological polar surface area (TPSA) is 88.1 Å². The van der Waals surface area contributed by atoms with Gasteiger partial charge in [0.15, 0.2) is 0 Å². The number of hydrazone groups is 1. The molecule has 0 radical (unpaired) electrons. The molecule has 0 atom stereocenters. The van der Waals surface area contributed by atoms with Crippen LogP contribution in [0.1, 0.15) is 25.3 Å². The average Bonchev–Trinajstić information content (AvgIpc) is 2.67. The minimum absolute atomic E-state index is 0.231. The molecule has 2 aromatic rings. The molecule has 0 aliphatic carbocycles. The van der Waals surface area contributed by atoms with Gasteiger partial charge in [-0.05, 0) is 48.4 Å². The van der Waals surface area contributed by atoms with Crippen LogP contribution in [0.3, 0.4) is 0 Å². The molecule has 1 amide bonds. The van der Waals surface area contributed by atoms with Crippen molar-refractivity contribution in [2.75, 3.05) is 23.7 Å². The first-order chi connectivity index (χ1) is 13.8. The second-order valence-electron chi connectivity index (χ2n) is 6.29. The maximum absolute atomic E-state index is 12.2. The summed E-state index contributed by atoms with van der Waals surface area (Å²) in [5.74, 6) is 0.175. The Labute approximate surface area is 176 Å². The van der Waals surface area contributed by atoms with Crippen LogP contribution in [0.25, 0.3) is 0 Å². The number of carbonyl (C=O) groups is 1. The SMILES string of the molecule is CCCCOc1ccc(/C=N\NC(=O)CN(c2ccccc2Cl)S(C)(=O)=O)cc1. The van der Waals surface area contributed by atoms with Gasteiger partial charge in [0.2, 0.25) is 10.0 Å². The quantitative estimate of drug-likeness (QED) is 0.350. The summed E-state index contributed by atoms with van der Waals surface area (Å²) in [5, 5.41) is 4.11. The van der Waals surface area contributed by atoms with Gasteiger partial charge in [-0.1, -0.05) is 37.1 Å². The number of hydrogen-bond acceptors (Lipinski definition) is 5. The number of benzene rings is 2. The molecule has 2 aromatic carbocycles. The monoisotopic (exact) mass is 437 g/mol. The van der Waals surface area contributed by atoms with Crippen LogP contribution in [-0.4, -0.2) is 39.9 Å². The van der Waals surface area contributed by atoms with Crippen LogP contribution in [-0.2, 0) is 14.8 Å². The number of nitrogens with one attached hydrogen (secondary N) is 1. The number of anilines is 1. The predicted molar refractivity (Wildman–Crippen MR) is 116 cm³/mol. The first kappa shape index (κ1) is 22.7. The van der Waals surface area contributed by atoms with Gasteiger partial charge in [-0.2, -0.15) is 5.10 Å². The smallest absolute Gasteiger partial charge is 0.260 e. The van der Waals surface area contributed by atoms with Crippen molar-refractivity contribution in [1.82, 2.24) is 5.43 Å². The Morgan fingerprint density at radius 2 is 1.90 bits per heavy atom. The second kappa shape index (κ2) is 10.8. The van der Waals surface area contributed by atoms with Crippen molar-refractivity contribution >= 4 is 39.4 Å². The molecular weight excluding hydrogens is 414 g/mol. The summed E-state index contributed by atoms with van der Waals surface area (Å²) in [6.07, 6.45) is 4.54. The van der Waals surface area contributed by atoms with E-state index in [1.165, 1.54) is 12.3 Å². The highest BCUT2D eigenvalue weighted by Crippen LogP contribution is 2.26. The largest absolute Gasteiger partial charge is 0.494 e. The Kier molecular flexibility index (Phi) is 8.48. The molecule has 2 rings (SSSR count). The number of hydrogen-bond donors (Lipinski definition) is 1. The molecule has 156 valence electrons. The van der Waals surface area contributed by atoms with Crippen LogP contribution in [0.2, 0.25) is 5.02 Å². The van der Waals surface area contributed by atoms with Gasteiger partial charge in [0.05, 0.1) is 29.8 Å². The Bertz CT molecular complexity index is 946. The highest BCUT2D eigenvalue weighted by atomic mass is 35.5. The van der Waals surface area contributed by atoms with Crippen LogP contribution in [0.15, 0.2) is 53.6 Å². The van der Waals surface area contributed by atoms with Gasteiger partial charge in [-0.3, -0.25) is 9.10 Å². The number of ether oxygens (including phenoxy) is 1. The van der Waals surface area contributed by atoms with Crippen molar-refractivity contribution in [3.63, 3.8) is 0 Å². The summed E-state index contributed by atoms with van der Waals surface area (Å²) >= 11 is 6.07. The first-order valence-corrected chi connectivity index (χ1v) is 11.3. The first-order valence-electron chi connectivity index (χ1n) is 9.08. The zero-order chi connectivity index (χ0) is 21.3. The normalized spacial score (nSPS) is 11.4. The Morgan fingerprint density at radius 1 is 1.21 bits per heavy atom. The summed E-state index contributed by atoms with van der Waals surface area (Å²) < 4.78 is 30.7. The van der Waals surface area contributed by atoms with Crippen molar-refractivity contribution in [2.45, 2.75) is 19.8 Å². The predicted octanol–water partition coefficient (Wildman–Crippen LogP) is 3.44. The fourth-order valence-corrected chi connectivity index (χ4v) is 3.52. The van der Waals surface area contributed by atoms with Crippen molar-refractivity contribution < 1.29 is 17.9 Å². The third-order valence-electron chi connectivity index (χ3n) is 3.86. The van der Waals surface area contributed by atoms with E-state index in [1.807, 2.05) is 24.3 Å². The minimum atomic E-state index is -3.70. The van der Waals surface area contributed by atoms with Gasteiger partial charge in [-0.25, -0.2) is 13.8 Å². The third-order valence-corrected chi connectivity index (χ3v) is 5.30. The van der Waals surface area contributed by atoms with E-state index in [2.05, 4.69) is 17.5 Å². The highest BCUT2D eigenvalue weighted by molar-refractivity contribution is 7.92. The summed E-state index contributed by atoms with van der Waals surface area (Å²) in [6, 6.07) is 13.7. The number of unbranched alkanes of at least 4 members (excludes halogenated alkanes) is 1. The van der Waals surface area contributed by atoms with E-state index in [-0.39, 0.29) is 10.7 Å². The zero-order valence-electron chi connectivity index (χ0n) is 16.3. The van der Waals surface area contributed by atoms with E-state index >= 15 is 0 Å². The van der Waals surface area contributed by atoms with Crippen LogP contribution in [0, 0.1) is 0 Å². The fourth-order valence-electron chi connectivity index (χ4n) is 2.36. The van der Waals surface area contributed by atoms with E-state index in [9.17, 15) is 13.2 Å². The molecule has 0 spiro atoms. The van der Waals surface area contributed by atoms with Crippen LogP contribution in [0.5, 0.6) is 5.75 Å². The van der Waals surface area contributed by atoms with E-state index < -0.39 is 22.5 Å². The Morgan fingerprint density at radius 3 is 2.52 bits per heavy atom. The van der Waals surface area contributed by atoms with Crippen LogP contribution >= 0.6 is 11.6 Å². The lowest BCUT2D eigenvalue weighted by Crippen LogP contribution is -2.39. The molecular formula is C20H24ClN3O4S. The fraction of sp³-hybridized carbons (Fsp3) is 0.300. The van der Waals surface area contributed by atoms with E-state index in [0.717, 1.165) is 34.7 Å². The molecule has 1 N–H and O–H groups in total. The minimum Gasteiger partial charge on any atom is -0.494 e. The van der Waals surface area contributed by atoms with Gasteiger partial charge in [-0.15, -0.1) is 0 Å². The summed E-state index contributed by atoms with van der Waals surface area (Å²) in [5.41, 5.74) is 3.32. The van der Waals surface area contributed by atoms with Gasteiger partial charge >= 0.3 is 0 Å². The molecule has 0 saturated carbocycles. The maximum atomic E-state index is 12.2. The van der Waals surface area contributed by atoms with Crippen molar-refractivity contribution in [3.8, 4) is 5.75 Å². The molecule has 0 aromatic heterocycles. The number of para-hydroxylation sites is 1. The molecule has 0 heterocycles. The molecule has 0 saturated heterocycles. The number of sulfonamides is 1. The molecule has 7 nitrogen and oxygen atoms in total. The molecule has 0 aliphatic rings. The molecule has 9 heteroatoms. The number of rotatable bonds is 10. The molecule has 0 fully saturated rings. The van der Waals surface area contributed by atoms with Crippen molar-refractivity contribution in [1.29, 1.82) is 0 Å². The maximum Gasteiger partial charge on any atom is 0.260 e. The molecule has 0 aliphatic heterocycles. The number of amides is 1. The van der Waals surface area contributed by atoms with Crippen molar-refractivity contribution in [3.05, 3.63) is 59.1 Å². The van der Waals surface area contributed by atoms with Gasteiger partial charge in [0, 0.05) is 0 Å². The standard InChI is InChI=1S/C20H24ClN3O4S/c1-3-4-13-28-17-11-9-16(10-12-17)14-22-23-20(25)15-24(29(2,26)27)19-8-6-5-7-18(19)21/h5-12,14H,3-4,13,15H2,1-2H3,(H,23,25)/b22-14-. The van der Waals surface area contributed by atoms with E-state index in [0.29, 0.717) is 6.61 Å². The third kappa shape index (κ3) is 7.40.